The Bertz CT molecular complexity index is 1380. The highest BCUT2D eigenvalue weighted by atomic mass is 19.1. The maximum Gasteiger partial charge on any atom is 0.295 e. The van der Waals surface area contributed by atoms with E-state index >= 15 is 4.39 Å². The van der Waals surface area contributed by atoms with Crippen LogP contribution in [0.1, 0.15) is 28.3 Å². The van der Waals surface area contributed by atoms with E-state index in [-0.39, 0.29) is 23.4 Å². The molecule has 0 saturated carbocycles. The standard InChI is InChI=1S/C31H31FN2O5/c1-21-5-4-6-22(19-21)20-39-24-11-9-23(10-12-24)29(35)27-28(25-7-2-3-8-26(25)32)34(31(37)30(27)36)14-13-33-15-17-38-18-16-33/h2-12,19,28,35H,13-18,20H2,1H3/b29-27+. The molecular weight excluding hydrogens is 499 g/mol. The van der Waals surface area contributed by atoms with Crippen LogP contribution in [0.4, 0.5) is 4.39 Å². The minimum absolute atomic E-state index is 0.125. The number of rotatable bonds is 8. The van der Waals surface area contributed by atoms with E-state index in [0.717, 1.165) is 11.1 Å². The minimum Gasteiger partial charge on any atom is -0.507 e. The number of nitrogens with zero attached hydrogens (tertiary/aromatic N) is 2. The summed E-state index contributed by atoms with van der Waals surface area (Å²) < 4.78 is 26.3. The Hall–Kier alpha value is -4.01. The fourth-order valence-corrected chi connectivity index (χ4v) is 5.04. The van der Waals surface area contributed by atoms with Gasteiger partial charge >= 0.3 is 0 Å². The minimum atomic E-state index is -1.04. The normalized spacial score (nSPS) is 19.4. The van der Waals surface area contributed by atoms with E-state index in [0.29, 0.717) is 50.8 Å². The molecule has 3 aromatic rings. The van der Waals surface area contributed by atoms with Gasteiger partial charge < -0.3 is 19.5 Å². The van der Waals surface area contributed by atoms with Crippen molar-refractivity contribution in [3.63, 3.8) is 0 Å². The van der Waals surface area contributed by atoms with Crippen LogP contribution in [0.5, 0.6) is 5.75 Å². The Morgan fingerprint density at radius 1 is 1.00 bits per heavy atom. The van der Waals surface area contributed by atoms with Gasteiger partial charge in [-0.3, -0.25) is 14.5 Å². The van der Waals surface area contributed by atoms with Gasteiger partial charge in [0.25, 0.3) is 11.7 Å². The lowest BCUT2D eigenvalue weighted by molar-refractivity contribution is -0.140. The summed E-state index contributed by atoms with van der Waals surface area (Å²) in [6, 6.07) is 19.6. The number of hydrogen-bond acceptors (Lipinski definition) is 6. The molecular formula is C31H31FN2O5. The van der Waals surface area contributed by atoms with E-state index in [2.05, 4.69) is 4.90 Å². The Balaban J connectivity index is 1.42. The van der Waals surface area contributed by atoms with Crippen LogP contribution in [0.2, 0.25) is 0 Å². The molecule has 0 bridgehead atoms. The first-order chi connectivity index (χ1) is 18.9. The molecule has 0 spiro atoms. The zero-order valence-corrected chi connectivity index (χ0v) is 21.8. The van der Waals surface area contributed by atoms with Gasteiger partial charge in [-0.25, -0.2) is 4.39 Å². The van der Waals surface area contributed by atoms with E-state index in [4.69, 9.17) is 9.47 Å². The lowest BCUT2D eigenvalue weighted by Gasteiger charge is -2.31. The van der Waals surface area contributed by atoms with Crippen LogP contribution >= 0.6 is 0 Å². The van der Waals surface area contributed by atoms with Crippen LogP contribution in [0.15, 0.2) is 78.4 Å². The Labute approximate surface area is 227 Å². The lowest BCUT2D eigenvalue weighted by Crippen LogP contribution is -2.42. The van der Waals surface area contributed by atoms with Gasteiger partial charge in [0, 0.05) is 37.3 Å². The van der Waals surface area contributed by atoms with Crippen molar-refractivity contribution in [1.82, 2.24) is 9.80 Å². The molecule has 2 saturated heterocycles. The van der Waals surface area contributed by atoms with E-state index in [9.17, 15) is 14.7 Å². The summed E-state index contributed by atoms with van der Waals surface area (Å²) in [6.45, 7) is 5.75. The number of ether oxygens (including phenoxy) is 2. The first-order valence-corrected chi connectivity index (χ1v) is 13.0. The van der Waals surface area contributed by atoms with Crippen LogP contribution < -0.4 is 4.74 Å². The van der Waals surface area contributed by atoms with E-state index in [1.54, 1.807) is 42.5 Å². The van der Waals surface area contributed by atoms with Gasteiger partial charge in [-0.05, 0) is 42.8 Å². The number of carbonyl (C=O) groups excluding carboxylic acids is 2. The van der Waals surface area contributed by atoms with Crippen molar-refractivity contribution in [2.75, 3.05) is 39.4 Å². The van der Waals surface area contributed by atoms with Gasteiger partial charge in [-0.1, -0.05) is 48.0 Å². The largest absolute Gasteiger partial charge is 0.507 e. The van der Waals surface area contributed by atoms with Gasteiger partial charge in [0.2, 0.25) is 0 Å². The van der Waals surface area contributed by atoms with Crippen molar-refractivity contribution in [2.24, 2.45) is 0 Å². The highest BCUT2D eigenvalue weighted by Crippen LogP contribution is 2.40. The van der Waals surface area contributed by atoms with Gasteiger partial charge in [0.05, 0.1) is 24.8 Å². The number of halogens is 1. The zero-order chi connectivity index (χ0) is 27.4. The summed E-state index contributed by atoms with van der Waals surface area (Å²) in [5, 5.41) is 11.3. The highest BCUT2D eigenvalue weighted by Gasteiger charge is 2.46. The number of aliphatic hydroxyl groups excluding tert-OH is 1. The van der Waals surface area contributed by atoms with Crippen LogP contribution in [-0.4, -0.2) is 66.0 Å². The molecule has 1 N–H and O–H groups in total. The Morgan fingerprint density at radius 2 is 1.74 bits per heavy atom. The highest BCUT2D eigenvalue weighted by molar-refractivity contribution is 6.46. The van der Waals surface area contributed by atoms with Crippen molar-refractivity contribution in [2.45, 2.75) is 19.6 Å². The second-order valence-electron chi connectivity index (χ2n) is 9.77. The molecule has 202 valence electrons. The van der Waals surface area contributed by atoms with Crippen molar-refractivity contribution in [3.8, 4) is 5.75 Å². The van der Waals surface area contributed by atoms with Crippen LogP contribution in [-0.2, 0) is 20.9 Å². The number of aryl methyl sites for hydroxylation is 1. The van der Waals surface area contributed by atoms with Crippen molar-refractivity contribution >= 4 is 17.4 Å². The van der Waals surface area contributed by atoms with Gasteiger partial charge in [0.1, 0.15) is 23.9 Å². The fraction of sp³-hybridized carbons (Fsp3) is 0.290. The molecule has 0 aromatic heterocycles. The molecule has 1 atom stereocenters. The number of Topliss-reactive ketones (excluding diaryl/α,β-unsaturated/α-hetero) is 1. The number of carbonyl (C=O) groups is 2. The van der Waals surface area contributed by atoms with Crippen LogP contribution in [0, 0.1) is 12.7 Å². The molecule has 0 radical (unpaired) electrons. The first-order valence-electron chi connectivity index (χ1n) is 13.0. The van der Waals surface area contributed by atoms with Crippen LogP contribution in [0.3, 0.4) is 0 Å². The molecule has 1 amide bonds. The zero-order valence-electron chi connectivity index (χ0n) is 21.8. The second kappa shape index (κ2) is 11.8. The summed E-state index contributed by atoms with van der Waals surface area (Å²) in [5.74, 6) is -1.89. The number of benzene rings is 3. The average molecular weight is 531 g/mol. The second-order valence-corrected chi connectivity index (χ2v) is 9.77. The number of likely N-dealkylation sites (tertiary alicyclic amines) is 1. The van der Waals surface area contributed by atoms with E-state index in [1.165, 1.54) is 11.0 Å². The fourth-order valence-electron chi connectivity index (χ4n) is 5.04. The summed E-state index contributed by atoms with van der Waals surface area (Å²) in [6.07, 6.45) is 0. The number of hydrogen-bond donors (Lipinski definition) is 1. The molecule has 3 aromatic carbocycles. The maximum atomic E-state index is 15.0. The van der Waals surface area contributed by atoms with Crippen LogP contribution in [0.25, 0.3) is 5.76 Å². The Morgan fingerprint density at radius 3 is 2.46 bits per heavy atom. The number of ketones is 1. The summed E-state index contributed by atoms with van der Waals surface area (Å²) in [4.78, 5) is 29.9. The maximum absolute atomic E-state index is 15.0. The third kappa shape index (κ3) is 5.87. The van der Waals surface area contributed by atoms with Crippen molar-refractivity contribution < 1.29 is 28.6 Å². The van der Waals surface area contributed by atoms with Gasteiger partial charge in [0.15, 0.2) is 0 Å². The SMILES string of the molecule is Cc1cccc(COc2ccc(/C(O)=C3\C(=O)C(=O)N(CCN4CCOCC4)C3c3ccccc3F)cc2)c1. The Kier molecular flexibility index (Phi) is 8.05. The molecule has 0 aliphatic carbocycles. The van der Waals surface area contributed by atoms with Crippen molar-refractivity contribution in [3.05, 3.63) is 106 Å². The van der Waals surface area contributed by atoms with Gasteiger partial charge in [-0.15, -0.1) is 0 Å². The number of morpholine rings is 1. The predicted octanol–water partition coefficient (Wildman–Crippen LogP) is 4.47. The molecule has 2 heterocycles. The summed E-state index contributed by atoms with van der Waals surface area (Å²) >= 11 is 0. The van der Waals surface area contributed by atoms with E-state index < -0.39 is 23.5 Å². The smallest absolute Gasteiger partial charge is 0.295 e. The first kappa shape index (κ1) is 26.6. The van der Waals surface area contributed by atoms with E-state index in [1.807, 2.05) is 31.2 Å². The lowest BCUT2D eigenvalue weighted by atomic mass is 9.95. The molecule has 39 heavy (non-hydrogen) atoms. The number of amides is 1. The summed E-state index contributed by atoms with van der Waals surface area (Å²) in [5.41, 5.74) is 2.55. The quantitative estimate of drug-likeness (QED) is 0.263. The number of aliphatic hydroxyl groups is 1. The predicted molar refractivity (Wildman–Crippen MR) is 145 cm³/mol. The summed E-state index contributed by atoms with van der Waals surface area (Å²) in [7, 11) is 0. The molecule has 2 aliphatic heterocycles. The third-order valence-corrected chi connectivity index (χ3v) is 7.12. The van der Waals surface area contributed by atoms with Gasteiger partial charge in [-0.2, -0.15) is 0 Å². The monoisotopic (exact) mass is 530 g/mol. The molecule has 7 nitrogen and oxygen atoms in total. The molecule has 2 fully saturated rings. The molecule has 8 heteroatoms. The molecule has 5 rings (SSSR count). The molecule has 1 unspecified atom stereocenters. The third-order valence-electron chi connectivity index (χ3n) is 7.12. The average Bonchev–Trinajstić information content (AvgIpc) is 3.20. The molecule has 2 aliphatic rings. The topological polar surface area (TPSA) is 79.3 Å². The van der Waals surface area contributed by atoms with Crippen molar-refractivity contribution in [1.29, 1.82) is 0 Å².